The first-order valence-electron chi connectivity index (χ1n) is 28.0. The second-order valence-electron chi connectivity index (χ2n) is 14.8. The van der Waals surface area contributed by atoms with Gasteiger partial charge in [0.1, 0.15) is 30.0 Å². The van der Waals surface area contributed by atoms with Gasteiger partial charge in [-0.15, -0.1) is 24.4 Å². The van der Waals surface area contributed by atoms with Gasteiger partial charge in [0.15, 0.2) is 9.88 Å². The second-order valence-corrected chi connectivity index (χ2v) is 23.0. The smallest absolute Gasteiger partial charge is 1.00 e. The van der Waals surface area contributed by atoms with E-state index in [0.717, 1.165) is 0 Å². The summed E-state index contributed by atoms with van der Waals surface area (Å²) in [5, 5.41) is 6.36. The molecule has 0 aliphatic carbocycles. The van der Waals surface area contributed by atoms with Crippen molar-refractivity contribution in [3.8, 4) is 0 Å². The Labute approximate surface area is 769 Å². The molecule has 1 unspecified atom stereocenters. The van der Waals surface area contributed by atoms with Crippen LogP contribution in [0.4, 0.5) is 82.3 Å². The van der Waals surface area contributed by atoms with Crippen molar-refractivity contribution < 1.29 is 296 Å². The fourth-order valence-electron chi connectivity index (χ4n) is 4.44. The van der Waals surface area contributed by atoms with Gasteiger partial charge in [-0.1, -0.05) is 25.0 Å². The molecule has 33 nitrogen and oxygen atoms in total. The molecule has 0 fully saturated rings. The number of halogens is 23. The van der Waals surface area contributed by atoms with Crippen LogP contribution in [0.2, 0.25) is 10.3 Å². The minimum absolute atomic E-state index is 0. The van der Waals surface area contributed by atoms with Gasteiger partial charge >= 0.3 is 106 Å². The molecule has 4 aromatic rings. The van der Waals surface area contributed by atoms with Gasteiger partial charge in [0.25, 0.3) is 17.6 Å². The van der Waals surface area contributed by atoms with Crippen LogP contribution in [0.3, 0.4) is 0 Å². The van der Waals surface area contributed by atoms with Gasteiger partial charge in [-0.2, -0.15) is 0 Å². The summed E-state index contributed by atoms with van der Waals surface area (Å²) in [4.78, 5) is 153. The largest absolute Gasteiger partial charge is 1.00 e. The number of carbonyl (C=O) groups is 9. The van der Waals surface area contributed by atoms with Crippen LogP contribution in [0.25, 0.3) is 0 Å². The summed E-state index contributed by atoms with van der Waals surface area (Å²) >= 11 is 33.7. The van der Waals surface area contributed by atoms with E-state index in [1.165, 1.54) is 57.4 Å². The van der Waals surface area contributed by atoms with E-state index in [0.29, 0.717) is 79.4 Å². The number of carbonyl (C=O) groups excluding carboxylic acids is 10. The zero-order chi connectivity index (χ0) is 91.7. The Bertz CT molecular complexity index is 3020. The average Bonchev–Trinajstić information content (AvgIpc) is 0.884. The number of aromatic nitrogens is 8. The number of hydrogen-bond acceptors (Lipinski definition) is 30. The van der Waals surface area contributed by atoms with E-state index in [4.69, 9.17) is 142 Å². The molecule has 4 rings (SSSR count). The van der Waals surface area contributed by atoms with Gasteiger partial charge in [0.05, 0.1) is 98.2 Å². The fraction of sp³-hybridized carbons (Fsp3) is 0.491. The zero-order valence-electron chi connectivity index (χ0n) is 63.5. The predicted octanol–water partition coefficient (Wildman–Crippen LogP) is 6.71. The number of nitrogens with one attached hydrogen (secondary N) is 3. The Morgan fingerprint density at radius 1 is 0.586 bits per heavy atom. The molecule has 0 aliphatic heterocycles. The van der Waals surface area contributed by atoms with Gasteiger partial charge < -0.3 is 86.3 Å². The fourth-order valence-corrected chi connectivity index (χ4v) is 4.85. The molecule has 0 aliphatic rings. The third-order valence-electron chi connectivity index (χ3n) is 7.73. The third kappa shape index (κ3) is 160. The maximum Gasteiger partial charge on any atom is 1.00 e. The molecule has 1 radical (unpaired) electrons. The number of thiocarbonyl (C=S) groups is 1. The quantitative estimate of drug-likeness (QED) is 0.00491. The maximum atomic E-state index is 11.2. The van der Waals surface area contributed by atoms with E-state index >= 15 is 0 Å². The zero-order valence-corrected chi connectivity index (χ0v) is 77.2. The number of ether oxygens (including phenoxy) is 9. The Morgan fingerprint density at radius 3 is 1.18 bits per heavy atom. The SMILES string of the molecule is CCOC(=O)CC(C=O)C(=O)OCC.CCOC(=O)CCC(=O)OCC.CCOC(=O)Cc1c[nH]c(=S)[nH]c1=O.CCOC(=O)Cc1cnc[nH]c1=O.CCOC(=O)Cc1cncnc1Cl.CCO[C-]=O.CC[O-].COC=O.Clc1[c-]cncn1.FF.FF.FF.FF.FF.FF.FF.FF.FF.NC(N)=S.O=P(Cl)(Cl)Cl.[H-].[Na+].[Na+].[Pd].[Y]. The molecule has 0 saturated carbocycles. The van der Waals surface area contributed by atoms with Crippen LogP contribution < -0.4 is 86.8 Å². The van der Waals surface area contributed by atoms with Gasteiger partial charge in [0.2, 0.25) is 0 Å². The van der Waals surface area contributed by atoms with Crippen LogP contribution in [0, 0.1) is 16.8 Å². The van der Waals surface area contributed by atoms with E-state index < -0.39 is 35.0 Å². The Morgan fingerprint density at radius 2 is 0.914 bits per heavy atom. The van der Waals surface area contributed by atoms with Gasteiger partial charge in [-0.3, -0.25) is 67.5 Å². The number of rotatable bonds is 23. The standard InChI is InChI=1S/C9H14O5.C8H9ClN2O2.C8H10N2O3S.C8H10N2O3.C8H14O4.C4H2ClN2.C3H5O2.C2H4O2.C2H5O.CH4N2S.Cl3OP.9F2.2Na.Pd.Y.H/c1-3-13-8(11)5-7(6-10)9(12)14-4-2;1-2-13-7(12)3-6-4-10-5-11-8(6)9;1-2-13-6(11)3-5-4-9-8(14)10-7(5)12;1-2-13-7(11)3-6-4-9-5-10-8(6)12;1-3-11-7(9)5-6-8(10)12-4-2;5-4-1-2-6-3-7-4;1-2-5-3-4;1-4-2-3;1-2-3;2-1(3)4;1-5(2,3)4;9*1-2;;;;;/h6-7H,3-5H2,1-2H3;4-5H,2-3H2,1H3;4H,2-3H2,1H3,(H2,9,10,12,14);4-5H,2-3H2,1H3,(H,9,10,12);3-6H2,1-2H3;2-3H;2H2,1H3;2H,1H3;2H2,1H3;(H4,2,3,4);;;;;;;;;;;;;;;/q;;;;;2*-1;;-1;;;;;;;;;;;;2*+1;;;-1. The summed E-state index contributed by atoms with van der Waals surface area (Å²) in [7, 11) is 1.31. The van der Waals surface area contributed by atoms with E-state index in [-0.39, 0.29) is 211 Å². The minimum atomic E-state index is -3.22. The molecular formula is C53H78Cl5F18N10Na2O23PPdS2Y-2. The van der Waals surface area contributed by atoms with Gasteiger partial charge in [-0.25, -0.2) is 15.0 Å². The summed E-state index contributed by atoms with van der Waals surface area (Å²) in [6.45, 7) is 19.4. The van der Waals surface area contributed by atoms with Crippen LogP contribution >= 0.6 is 86.6 Å². The molecule has 116 heavy (non-hydrogen) atoms. The molecular weight excluding hydrogens is 2000 g/mol. The first-order valence-corrected chi connectivity index (χ1v) is 34.0. The second kappa shape index (κ2) is 145. The van der Waals surface area contributed by atoms with Crippen molar-refractivity contribution >= 4 is 153 Å². The summed E-state index contributed by atoms with van der Waals surface area (Å²) in [6, 6.07) is 2.57. The molecule has 63 heteroatoms. The van der Waals surface area contributed by atoms with E-state index in [2.05, 4.69) is 137 Å². The van der Waals surface area contributed by atoms with Crippen molar-refractivity contribution in [3.05, 3.63) is 102 Å². The van der Waals surface area contributed by atoms with Crippen molar-refractivity contribution in [3.63, 3.8) is 0 Å². The third-order valence-corrected chi connectivity index (χ3v) is 8.49. The monoisotopic (exact) mass is 2080 g/mol. The molecule has 4 aromatic heterocycles. The van der Waals surface area contributed by atoms with Crippen molar-refractivity contribution in [1.29, 1.82) is 0 Å². The van der Waals surface area contributed by atoms with Crippen LogP contribution in [0.5, 0.6) is 0 Å². The summed E-state index contributed by atoms with van der Waals surface area (Å²) in [5.41, 5.74) is 9.80. The van der Waals surface area contributed by atoms with E-state index in [1.54, 1.807) is 62.3 Å². The number of hydrogen-bond donors (Lipinski definition) is 5. The number of methoxy groups -OCH3 is 1. The summed E-state index contributed by atoms with van der Waals surface area (Å²) in [6.07, 6.45) is 10.1. The maximum absolute atomic E-state index is 11.2. The summed E-state index contributed by atoms with van der Waals surface area (Å²) < 4.78 is 194. The molecule has 0 bridgehead atoms. The normalized spacial score (nSPS) is 8.02. The molecule has 1 atom stereocenters. The molecule has 0 aromatic carbocycles. The number of nitrogens with zero attached hydrogens (tertiary/aromatic N) is 5. The molecule has 673 valence electrons. The molecule has 7 N–H and O–H groups in total. The van der Waals surface area contributed by atoms with Crippen molar-refractivity contribution in [2.24, 2.45) is 17.4 Å². The number of nitrogens with two attached hydrogens (primary N) is 2. The van der Waals surface area contributed by atoms with Crippen molar-refractivity contribution in [2.75, 3.05) is 66.6 Å². The number of esters is 7. The topological polar surface area (TPSA) is 492 Å². The molecule has 0 amide bonds. The van der Waals surface area contributed by atoms with Crippen LogP contribution in [-0.4, -0.2) is 173 Å². The van der Waals surface area contributed by atoms with Crippen molar-refractivity contribution in [2.45, 2.75) is 101 Å². The van der Waals surface area contributed by atoms with Gasteiger partial charge in [0, 0.05) is 177 Å². The summed E-state index contributed by atoms with van der Waals surface area (Å²) in [5.74, 6) is -4.18. The van der Waals surface area contributed by atoms with Crippen LogP contribution in [0.1, 0.15) is 99.7 Å². The Balaban J connectivity index is -0.0000000455. The Kier molecular flexibility index (Phi) is 202. The van der Waals surface area contributed by atoms with Gasteiger partial charge in [-0.05, 0) is 119 Å². The van der Waals surface area contributed by atoms with E-state index in [9.17, 15) is 52.5 Å². The van der Waals surface area contributed by atoms with Crippen LogP contribution in [0.15, 0.2) is 53.4 Å². The molecule has 0 spiro atoms. The number of H-pyrrole nitrogens is 3. The average molecular weight is 2080 g/mol. The van der Waals surface area contributed by atoms with Crippen molar-refractivity contribution in [1.82, 2.24) is 39.9 Å². The Hall–Kier alpha value is -5.12. The number of aldehydes is 1. The minimum Gasteiger partial charge on any atom is -1.00 e. The number of aromatic amines is 3. The molecule has 4 heterocycles. The first-order chi connectivity index (χ1) is 53.3. The van der Waals surface area contributed by atoms with Crippen LogP contribution in [-0.2, 0) is 168 Å². The predicted molar refractivity (Wildman–Crippen MR) is 369 cm³/mol. The first kappa shape index (κ1) is 162. The molecule has 0 saturated heterocycles. The van der Waals surface area contributed by atoms with E-state index in [1.807, 2.05) is 0 Å².